The van der Waals surface area contributed by atoms with Crippen molar-refractivity contribution in [1.29, 1.82) is 0 Å². The molecule has 2 unspecified atom stereocenters. The van der Waals surface area contributed by atoms with E-state index in [0.29, 0.717) is 5.56 Å². The average molecular weight is 458 g/mol. The molecule has 0 bridgehead atoms. The highest BCUT2D eigenvalue weighted by molar-refractivity contribution is 5.80. The molecule has 4 N–H and O–H groups in total. The van der Waals surface area contributed by atoms with E-state index in [1.807, 2.05) is 43.3 Å². The van der Waals surface area contributed by atoms with Crippen molar-refractivity contribution in [1.82, 2.24) is 15.5 Å². The van der Waals surface area contributed by atoms with Crippen LogP contribution in [-0.2, 0) is 4.74 Å². The van der Waals surface area contributed by atoms with Gasteiger partial charge in [0.25, 0.3) is 0 Å². The lowest BCUT2D eigenvalue weighted by Crippen LogP contribution is -2.30. The van der Waals surface area contributed by atoms with Gasteiger partial charge in [-0.25, -0.2) is 4.79 Å². The standard InChI is InChI=1S/C27H27N3O4/c1-16-12-24-17(14-29-30-24)13-22(16)26(32)25(31)10-11-28-27(33)34-15-23-20-8-4-2-6-18(20)19-7-3-5-9-21(19)23/h2-9,12-14,23,25-26,31-32H,10-11,15H2,1H3,(H,28,33)(H,29,30). The SMILES string of the molecule is Cc1cc2[nH]ncc2cc1C(O)C(O)CCNC(=O)OCC1c2ccccc2-c2ccccc21. The zero-order valence-electron chi connectivity index (χ0n) is 18.9. The molecule has 1 aliphatic carbocycles. The van der Waals surface area contributed by atoms with E-state index in [2.05, 4.69) is 39.8 Å². The Morgan fingerprint density at radius 2 is 1.76 bits per heavy atom. The van der Waals surface area contributed by atoms with Crippen LogP contribution in [0.2, 0.25) is 0 Å². The van der Waals surface area contributed by atoms with E-state index in [9.17, 15) is 15.0 Å². The second-order valence-corrected chi connectivity index (χ2v) is 8.72. The molecule has 0 saturated carbocycles. The third-order valence-electron chi connectivity index (χ3n) is 6.56. The number of ether oxygens (including phenoxy) is 1. The minimum atomic E-state index is -1.07. The van der Waals surface area contributed by atoms with Crippen molar-refractivity contribution >= 4 is 17.0 Å². The number of aromatic amines is 1. The Bertz CT molecular complexity index is 1290. The number of carbonyl (C=O) groups excluding carboxylic acids is 1. The number of nitrogens with zero attached hydrogens (tertiary/aromatic N) is 1. The lowest BCUT2D eigenvalue weighted by molar-refractivity contribution is 0.0134. The Morgan fingerprint density at radius 3 is 2.47 bits per heavy atom. The minimum absolute atomic E-state index is 0.00799. The van der Waals surface area contributed by atoms with Gasteiger partial charge in [-0.15, -0.1) is 0 Å². The maximum Gasteiger partial charge on any atom is 0.407 e. The normalized spacial score (nSPS) is 14.4. The van der Waals surface area contributed by atoms with E-state index < -0.39 is 18.3 Å². The van der Waals surface area contributed by atoms with Crippen LogP contribution in [-0.4, -0.2) is 45.8 Å². The lowest BCUT2D eigenvalue weighted by atomic mass is 9.96. The number of aryl methyl sites for hydroxylation is 1. The molecule has 0 saturated heterocycles. The van der Waals surface area contributed by atoms with E-state index in [-0.39, 0.29) is 25.5 Å². The summed E-state index contributed by atoms with van der Waals surface area (Å²) in [5.41, 5.74) is 7.02. The van der Waals surface area contributed by atoms with Crippen LogP contribution in [0.3, 0.4) is 0 Å². The van der Waals surface area contributed by atoms with Crippen molar-refractivity contribution in [2.45, 2.75) is 31.5 Å². The lowest BCUT2D eigenvalue weighted by Gasteiger charge is -2.20. The summed E-state index contributed by atoms with van der Waals surface area (Å²) < 4.78 is 5.52. The van der Waals surface area contributed by atoms with Crippen LogP contribution in [0.4, 0.5) is 4.79 Å². The van der Waals surface area contributed by atoms with Gasteiger partial charge in [0, 0.05) is 17.8 Å². The average Bonchev–Trinajstić information content (AvgIpc) is 3.43. The number of aromatic nitrogens is 2. The van der Waals surface area contributed by atoms with Gasteiger partial charge in [-0.2, -0.15) is 5.10 Å². The van der Waals surface area contributed by atoms with Gasteiger partial charge in [0.05, 0.1) is 17.8 Å². The molecular weight excluding hydrogens is 430 g/mol. The van der Waals surface area contributed by atoms with E-state index in [4.69, 9.17) is 4.74 Å². The topological polar surface area (TPSA) is 107 Å². The summed E-state index contributed by atoms with van der Waals surface area (Å²) in [6.07, 6.45) is -0.773. The third-order valence-corrected chi connectivity index (χ3v) is 6.56. The number of nitrogens with one attached hydrogen (secondary N) is 2. The predicted molar refractivity (Wildman–Crippen MR) is 129 cm³/mol. The fourth-order valence-corrected chi connectivity index (χ4v) is 4.77. The number of aliphatic hydroxyl groups excluding tert-OH is 2. The molecule has 4 aromatic rings. The fraction of sp³-hybridized carbons (Fsp3) is 0.259. The fourth-order valence-electron chi connectivity index (χ4n) is 4.77. The van der Waals surface area contributed by atoms with Crippen LogP contribution in [0.25, 0.3) is 22.0 Å². The monoisotopic (exact) mass is 457 g/mol. The van der Waals surface area contributed by atoms with Gasteiger partial charge >= 0.3 is 6.09 Å². The number of amides is 1. The smallest absolute Gasteiger partial charge is 0.407 e. The molecule has 1 amide bonds. The van der Waals surface area contributed by atoms with Crippen molar-refractivity contribution in [2.75, 3.05) is 13.2 Å². The predicted octanol–water partition coefficient (Wildman–Crippen LogP) is 4.19. The quantitative estimate of drug-likeness (QED) is 0.333. The molecule has 1 aliphatic rings. The highest BCUT2D eigenvalue weighted by Crippen LogP contribution is 2.44. The molecule has 174 valence electrons. The van der Waals surface area contributed by atoms with Crippen LogP contribution in [0.5, 0.6) is 0 Å². The Labute approximate surface area is 197 Å². The summed E-state index contributed by atoms with van der Waals surface area (Å²) in [4.78, 5) is 12.3. The third kappa shape index (κ3) is 4.16. The highest BCUT2D eigenvalue weighted by atomic mass is 16.5. The van der Waals surface area contributed by atoms with Crippen molar-refractivity contribution in [3.63, 3.8) is 0 Å². The first-order chi connectivity index (χ1) is 16.5. The van der Waals surface area contributed by atoms with Gasteiger partial charge in [-0.3, -0.25) is 5.10 Å². The number of carbonyl (C=O) groups is 1. The van der Waals surface area contributed by atoms with Gasteiger partial charge < -0.3 is 20.3 Å². The first-order valence-corrected chi connectivity index (χ1v) is 11.4. The summed E-state index contributed by atoms with van der Waals surface area (Å²) in [5, 5.41) is 31.6. The number of hydrogen-bond acceptors (Lipinski definition) is 5. The molecule has 0 radical (unpaired) electrons. The summed E-state index contributed by atoms with van der Waals surface area (Å²) in [6.45, 7) is 2.29. The number of hydrogen-bond donors (Lipinski definition) is 4. The zero-order valence-corrected chi connectivity index (χ0v) is 18.9. The molecule has 5 rings (SSSR count). The molecule has 1 aromatic heterocycles. The Hall–Kier alpha value is -3.68. The van der Waals surface area contributed by atoms with Crippen LogP contribution in [0, 0.1) is 6.92 Å². The van der Waals surface area contributed by atoms with Gasteiger partial charge in [0.1, 0.15) is 12.7 Å². The van der Waals surface area contributed by atoms with Crippen molar-refractivity contribution in [3.05, 3.63) is 89.1 Å². The molecule has 0 aliphatic heterocycles. The second-order valence-electron chi connectivity index (χ2n) is 8.72. The molecule has 1 heterocycles. The van der Waals surface area contributed by atoms with E-state index in [1.54, 1.807) is 6.20 Å². The van der Waals surface area contributed by atoms with Crippen LogP contribution < -0.4 is 5.32 Å². The maximum atomic E-state index is 12.3. The largest absolute Gasteiger partial charge is 0.449 e. The van der Waals surface area contributed by atoms with E-state index in [0.717, 1.165) is 27.6 Å². The minimum Gasteiger partial charge on any atom is -0.449 e. The van der Waals surface area contributed by atoms with Crippen LogP contribution in [0.1, 0.15) is 40.7 Å². The summed E-state index contributed by atoms with van der Waals surface area (Å²) in [5.74, 6) is -0.00799. The van der Waals surface area contributed by atoms with Crippen LogP contribution in [0.15, 0.2) is 66.9 Å². The van der Waals surface area contributed by atoms with Gasteiger partial charge in [-0.05, 0) is 58.9 Å². The maximum absolute atomic E-state index is 12.3. The highest BCUT2D eigenvalue weighted by Gasteiger charge is 2.29. The first kappa shape index (κ1) is 22.1. The Morgan fingerprint density at radius 1 is 1.09 bits per heavy atom. The van der Waals surface area contributed by atoms with E-state index in [1.165, 1.54) is 11.1 Å². The number of H-pyrrole nitrogens is 1. The van der Waals surface area contributed by atoms with Crippen molar-refractivity contribution in [3.8, 4) is 11.1 Å². The number of alkyl carbamates (subject to hydrolysis) is 1. The van der Waals surface area contributed by atoms with E-state index >= 15 is 0 Å². The number of fused-ring (bicyclic) bond motifs is 4. The van der Waals surface area contributed by atoms with Gasteiger partial charge in [-0.1, -0.05) is 48.5 Å². The van der Waals surface area contributed by atoms with Crippen molar-refractivity contribution in [2.24, 2.45) is 0 Å². The summed E-state index contributed by atoms with van der Waals surface area (Å²) in [7, 11) is 0. The first-order valence-electron chi connectivity index (χ1n) is 11.4. The van der Waals surface area contributed by atoms with Gasteiger partial charge in [0.15, 0.2) is 0 Å². The molecular formula is C27H27N3O4. The second kappa shape index (κ2) is 9.29. The molecule has 2 atom stereocenters. The molecule has 7 heteroatoms. The summed E-state index contributed by atoms with van der Waals surface area (Å²) >= 11 is 0. The number of benzene rings is 3. The van der Waals surface area contributed by atoms with Gasteiger partial charge in [0.2, 0.25) is 0 Å². The molecule has 3 aromatic carbocycles. The molecule has 7 nitrogen and oxygen atoms in total. The van der Waals surface area contributed by atoms with Crippen molar-refractivity contribution < 1.29 is 19.7 Å². The Kier molecular flexibility index (Phi) is 6.04. The Balaban J connectivity index is 1.15. The van der Waals surface area contributed by atoms with Crippen LogP contribution >= 0.6 is 0 Å². The number of rotatable bonds is 7. The molecule has 0 fully saturated rings. The zero-order chi connectivity index (χ0) is 23.7. The summed E-state index contributed by atoms with van der Waals surface area (Å²) in [6, 6.07) is 20.1. The molecule has 0 spiro atoms. The molecule has 34 heavy (non-hydrogen) atoms. The number of aliphatic hydroxyl groups is 2.